The normalized spacial score (nSPS) is 15.0. The van der Waals surface area contributed by atoms with Crippen LogP contribution in [0.15, 0.2) is 11.4 Å². The van der Waals surface area contributed by atoms with Crippen LogP contribution in [-0.2, 0) is 4.57 Å². The lowest BCUT2D eigenvalue weighted by Crippen LogP contribution is -2.07. The molecule has 0 saturated heterocycles. The molecule has 64 valence electrons. The first kappa shape index (κ1) is 10.6. The second-order valence-corrected chi connectivity index (χ2v) is 2.97. The largest absolute Gasteiger partial charge is 0.541 e. The zero-order valence-corrected chi connectivity index (χ0v) is 6.62. The second kappa shape index (κ2) is 3.83. The molecule has 0 heterocycles. The smallest absolute Gasteiger partial charge is 0.171 e. The fraction of sp³-hybridized carbons (Fsp3) is 0.600. The Morgan fingerprint density at radius 3 is 2.18 bits per heavy atom. The van der Waals surface area contributed by atoms with Crippen LogP contribution in [0.4, 0.5) is 13.2 Å². The van der Waals surface area contributed by atoms with Crippen molar-refractivity contribution in [1.82, 2.24) is 0 Å². The summed E-state index contributed by atoms with van der Waals surface area (Å²) in [5.74, 6) is 0. The summed E-state index contributed by atoms with van der Waals surface area (Å²) in [6.07, 6.45) is -4.71. The van der Waals surface area contributed by atoms with Crippen molar-refractivity contribution in [2.75, 3.05) is 0 Å². The van der Waals surface area contributed by atoms with Gasteiger partial charge in [-0.1, -0.05) is 0 Å². The van der Waals surface area contributed by atoms with E-state index in [0.29, 0.717) is 0 Å². The molecule has 0 amide bonds. The molecule has 0 bridgehead atoms. The van der Waals surface area contributed by atoms with Crippen LogP contribution in [0.3, 0.4) is 0 Å². The van der Waals surface area contributed by atoms with E-state index < -0.39 is 25.9 Å². The van der Waals surface area contributed by atoms with E-state index in [1.807, 2.05) is 0 Å². The molecule has 0 aromatic heterocycles. The van der Waals surface area contributed by atoms with Gasteiger partial charge in [0, 0.05) is 0 Å². The van der Waals surface area contributed by atoms with E-state index in [2.05, 4.69) is 0 Å². The van der Waals surface area contributed by atoms with Crippen LogP contribution < -0.4 is 0 Å². The van der Waals surface area contributed by atoms with Crippen molar-refractivity contribution in [3.05, 3.63) is 11.4 Å². The Morgan fingerprint density at radius 2 is 2.09 bits per heavy atom. The maximum absolute atomic E-state index is 11.6. The minimum absolute atomic E-state index is 0.479. The van der Waals surface area contributed by atoms with Gasteiger partial charge in [0.05, 0.1) is 0 Å². The molecule has 0 aromatic carbocycles. The average Bonchev–Trinajstić information content (AvgIpc) is 1.80. The standard InChI is InChI=1S/C5H6F3O2P/c1-2-4(11(9)10)3-5(6,7)8/h2H,3H2,1H3/p+1. The van der Waals surface area contributed by atoms with E-state index in [-0.39, 0.29) is 0 Å². The molecule has 0 radical (unpaired) electrons. The molecule has 0 aliphatic heterocycles. The summed E-state index contributed by atoms with van der Waals surface area (Å²) in [5.41, 5.74) is 0. The Labute approximate surface area is 62.6 Å². The Balaban J connectivity index is 4.24. The first-order chi connectivity index (χ1) is 4.87. The molecule has 6 heteroatoms. The monoisotopic (exact) mass is 187 g/mol. The van der Waals surface area contributed by atoms with Gasteiger partial charge >= 0.3 is 14.2 Å². The minimum Gasteiger partial charge on any atom is -0.171 e. The van der Waals surface area contributed by atoms with Crippen LogP contribution in [-0.4, -0.2) is 11.1 Å². The minimum atomic E-state index is -4.41. The first-order valence-electron chi connectivity index (χ1n) is 2.75. The number of hydrogen-bond donors (Lipinski definition) is 1. The molecule has 2 nitrogen and oxygen atoms in total. The Hall–Kier alpha value is -0.410. The van der Waals surface area contributed by atoms with E-state index in [4.69, 9.17) is 4.89 Å². The summed E-state index contributed by atoms with van der Waals surface area (Å²) in [6.45, 7) is 1.30. The highest BCUT2D eigenvalue weighted by molar-refractivity contribution is 7.43. The topological polar surface area (TPSA) is 37.3 Å². The average molecular weight is 187 g/mol. The van der Waals surface area contributed by atoms with Crippen molar-refractivity contribution < 1.29 is 22.6 Å². The summed E-state index contributed by atoms with van der Waals surface area (Å²) < 4.78 is 44.9. The van der Waals surface area contributed by atoms with E-state index in [0.717, 1.165) is 6.08 Å². The molecule has 1 N–H and O–H groups in total. The van der Waals surface area contributed by atoms with Crippen LogP contribution in [0.5, 0.6) is 0 Å². The zero-order chi connectivity index (χ0) is 9.07. The third-order valence-corrected chi connectivity index (χ3v) is 1.87. The molecular weight excluding hydrogens is 180 g/mol. The van der Waals surface area contributed by atoms with Gasteiger partial charge in [0.1, 0.15) is 6.42 Å². The van der Waals surface area contributed by atoms with E-state index in [1.165, 1.54) is 6.92 Å². The van der Waals surface area contributed by atoms with Gasteiger partial charge in [-0.05, 0) is 17.6 Å². The number of rotatable bonds is 2. The molecule has 0 aromatic rings. The van der Waals surface area contributed by atoms with Crippen LogP contribution in [0.25, 0.3) is 0 Å². The lowest BCUT2D eigenvalue weighted by molar-refractivity contribution is -0.126. The summed E-state index contributed by atoms with van der Waals surface area (Å²) in [4.78, 5) is 8.32. The third-order valence-electron chi connectivity index (χ3n) is 0.960. The van der Waals surface area contributed by atoms with Gasteiger partial charge in [-0.25, -0.2) is 0 Å². The van der Waals surface area contributed by atoms with Crippen LogP contribution in [0, 0.1) is 0 Å². The molecule has 0 fully saturated rings. The van der Waals surface area contributed by atoms with Crippen LogP contribution >= 0.6 is 8.03 Å². The fourth-order valence-electron chi connectivity index (χ4n) is 0.486. The molecule has 1 atom stereocenters. The van der Waals surface area contributed by atoms with Gasteiger partial charge in [-0.15, -0.1) is 0 Å². The molecule has 0 saturated carbocycles. The third kappa shape index (κ3) is 4.93. The molecule has 0 rings (SSSR count). The van der Waals surface area contributed by atoms with E-state index >= 15 is 0 Å². The maximum Gasteiger partial charge on any atom is 0.541 e. The van der Waals surface area contributed by atoms with Crippen LogP contribution in [0.2, 0.25) is 0 Å². The van der Waals surface area contributed by atoms with E-state index in [9.17, 15) is 17.7 Å². The second-order valence-electron chi connectivity index (χ2n) is 1.84. The van der Waals surface area contributed by atoms with Gasteiger partial charge in [0.25, 0.3) is 0 Å². The van der Waals surface area contributed by atoms with Gasteiger partial charge in [0.15, 0.2) is 0 Å². The van der Waals surface area contributed by atoms with Crippen molar-refractivity contribution >= 4 is 8.03 Å². The predicted octanol–water partition coefficient (Wildman–Crippen LogP) is 2.58. The molecule has 0 aliphatic carbocycles. The number of alkyl halides is 3. The predicted molar refractivity (Wildman–Crippen MR) is 34.3 cm³/mol. The maximum atomic E-state index is 11.6. The summed E-state index contributed by atoms with van der Waals surface area (Å²) in [7, 11) is -2.84. The van der Waals surface area contributed by atoms with Gasteiger partial charge in [-0.2, -0.15) is 18.1 Å². The zero-order valence-electron chi connectivity index (χ0n) is 5.72. The first-order valence-corrected chi connectivity index (χ1v) is 3.96. The van der Waals surface area contributed by atoms with Gasteiger partial charge in [-0.3, -0.25) is 0 Å². The Kier molecular flexibility index (Phi) is 3.69. The van der Waals surface area contributed by atoms with Crippen molar-refractivity contribution in [2.45, 2.75) is 19.5 Å². The van der Waals surface area contributed by atoms with Crippen molar-refractivity contribution in [2.24, 2.45) is 0 Å². The molecule has 0 spiro atoms. The fourth-order valence-corrected chi connectivity index (χ4v) is 1.02. The molecular formula is C5H7F3O2P+. The highest BCUT2D eigenvalue weighted by atomic mass is 31.1. The number of halogens is 3. The molecule has 0 aliphatic rings. The number of allylic oxidation sites excluding steroid dienone is 2. The van der Waals surface area contributed by atoms with Gasteiger partial charge < -0.3 is 0 Å². The van der Waals surface area contributed by atoms with Crippen molar-refractivity contribution in [3.8, 4) is 0 Å². The van der Waals surface area contributed by atoms with Crippen LogP contribution in [0.1, 0.15) is 13.3 Å². The summed E-state index contributed by atoms with van der Waals surface area (Å²) in [5, 5.41) is -0.479. The lowest BCUT2D eigenvalue weighted by Gasteiger charge is -2.00. The van der Waals surface area contributed by atoms with Gasteiger partial charge in [0.2, 0.25) is 5.31 Å². The highest BCUT2D eigenvalue weighted by Crippen LogP contribution is 2.36. The van der Waals surface area contributed by atoms with Crippen molar-refractivity contribution in [3.63, 3.8) is 0 Å². The quantitative estimate of drug-likeness (QED) is 0.674. The highest BCUT2D eigenvalue weighted by Gasteiger charge is 2.36. The number of hydrogen-bond acceptors (Lipinski definition) is 1. The summed E-state index contributed by atoms with van der Waals surface area (Å²) in [6, 6.07) is 0. The van der Waals surface area contributed by atoms with E-state index in [1.54, 1.807) is 0 Å². The van der Waals surface area contributed by atoms with Crippen molar-refractivity contribution in [1.29, 1.82) is 0 Å². The molecule has 11 heavy (non-hydrogen) atoms. The molecule has 1 unspecified atom stereocenters. The SMILES string of the molecule is CC=C(CC(F)(F)F)[P+](=O)O. The lowest BCUT2D eigenvalue weighted by atomic mass is 10.4. The Morgan fingerprint density at radius 1 is 1.64 bits per heavy atom. The Bertz CT molecular complexity index is 185. The summed E-state index contributed by atoms with van der Waals surface area (Å²) >= 11 is 0.